The van der Waals surface area contributed by atoms with Crippen LogP contribution >= 0.6 is 46.4 Å². The van der Waals surface area contributed by atoms with E-state index in [1.54, 1.807) is 110 Å². The minimum Gasteiger partial charge on any atom is -0.478 e. The fourth-order valence-corrected chi connectivity index (χ4v) is 20.8. The number of non-ortho nitro benzene ring substituents is 2. The van der Waals surface area contributed by atoms with Gasteiger partial charge in [0.2, 0.25) is 0 Å². The van der Waals surface area contributed by atoms with Crippen molar-refractivity contribution < 1.29 is 63.0 Å². The molecule has 14 aromatic carbocycles. The van der Waals surface area contributed by atoms with Gasteiger partial charge in [0.25, 0.3) is 52.5 Å². The van der Waals surface area contributed by atoms with E-state index in [4.69, 9.17) is 33.7 Å². The van der Waals surface area contributed by atoms with E-state index < -0.39 is 43.4 Å². The van der Waals surface area contributed by atoms with Crippen molar-refractivity contribution in [3.63, 3.8) is 0 Å². The topological polar surface area (TPSA) is 318 Å². The zero-order valence-corrected chi connectivity index (χ0v) is 80.4. The number of amides is 6. The largest absolute Gasteiger partial charge is 0.478 e. The molecular formula is C107H96ClIN10O16S. The Labute approximate surface area is 807 Å². The van der Waals surface area contributed by atoms with Gasteiger partial charge in [-0.1, -0.05) is 174 Å². The molecule has 22 rings (SSSR count). The van der Waals surface area contributed by atoms with Crippen molar-refractivity contribution in [2.75, 3.05) is 83.1 Å². The smallest absolute Gasteiger partial charge is 0.339 e. The molecule has 0 spiro atoms. The highest BCUT2D eigenvalue weighted by molar-refractivity contribution is 14.1. The minimum absolute atomic E-state index is 0.0445. The molecule has 0 bridgehead atoms. The summed E-state index contributed by atoms with van der Waals surface area (Å²) < 4.78 is 6.64. The van der Waals surface area contributed by atoms with Crippen LogP contribution in [0, 0.1) is 33.9 Å². The van der Waals surface area contributed by atoms with Gasteiger partial charge in [-0.25, -0.2) is 9.59 Å². The van der Waals surface area contributed by atoms with Crippen molar-refractivity contribution in [2.24, 2.45) is 0 Å². The Morgan fingerprint density at radius 2 is 0.853 bits per heavy atom. The third-order valence-corrected chi connectivity index (χ3v) is 27.8. The number of carbonyl (C=O) groups is 8. The zero-order valence-electron chi connectivity index (χ0n) is 76.7. The number of carboxylic acid groups (broad SMARTS) is 1. The maximum absolute atomic E-state index is 12.4. The number of nitrogens with zero attached hydrogens (tertiary/aromatic N) is 10. The molecule has 690 valence electrons. The number of unbranched alkanes of at least 4 members (excludes halogenated alkanes) is 4. The van der Waals surface area contributed by atoms with Crippen LogP contribution in [0.25, 0.3) is 81.5 Å². The lowest BCUT2D eigenvalue weighted by Gasteiger charge is -2.24. The van der Waals surface area contributed by atoms with E-state index in [2.05, 4.69) is 78.0 Å². The fraction of sp³-hybridized carbons (Fsp3) is 0.243. The van der Waals surface area contributed by atoms with Crippen LogP contribution in [0.1, 0.15) is 216 Å². The third kappa shape index (κ3) is 17.0. The summed E-state index contributed by atoms with van der Waals surface area (Å²) in [6, 6.07) is 61.4. The predicted octanol–water partition coefficient (Wildman–Crippen LogP) is 25.1. The quantitative estimate of drug-likeness (QED) is 0.0249. The average molecular weight is 1970 g/mol. The zero-order chi connectivity index (χ0) is 97.1. The lowest BCUT2D eigenvalue weighted by Crippen LogP contribution is -2.27. The highest BCUT2D eigenvalue weighted by Gasteiger charge is 2.42. The van der Waals surface area contributed by atoms with Gasteiger partial charge < -0.3 is 44.1 Å². The molecule has 1 N–H and O–H groups in total. The van der Waals surface area contributed by atoms with Gasteiger partial charge in [-0.2, -0.15) is 0 Å². The van der Waals surface area contributed by atoms with Gasteiger partial charge in [0.05, 0.1) is 66.1 Å². The number of esters is 1. The molecule has 29 heteroatoms. The molecule has 0 atom stereocenters. The summed E-state index contributed by atoms with van der Waals surface area (Å²) in [5, 5.41) is 55.5. The SMILES string of the molecule is CCCCCCc1ccc2c3c(cccc13)C(=O)N2C.CCCCN1C(=S)c2ccc([N+](=O)[O-])c3c([N+](=O)[O-])cc([N+](=O)[O-])c1c23.CN1C(=O)c2cccc3c(/C=C/Cl)ccc1c23.CN1C(=O)c2cccc3c(C(=O)O)ccc1c23.CN1C(=O)c2cccc3c(C(=O)OC(C)(C)C)ccc1c23.CN1C(=O)c2cccc3c(C4CCCCC4)ccc1c23.CN1C(=O)c2cccc3c(I)ccc1c23. The number of hydrogen-bond donors (Lipinski definition) is 1. The Morgan fingerprint density at radius 1 is 0.449 bits per heavy atom. The van der Waals surface area contributed by atoms with Gasteiger partial charge in [0, 0.05) is 141 Å². The molecule has 1 fully saturated rings. The van der Waals surface area contributed by atoms with Crippen molar-refractivity contribution in [3.8, 4) is 0 Å². The van der Waals surface area contributed by atoms with Crippen LogP contribution in [0.5, 0.6) is 0 Å². The van der Waals surface area contributed by atoms with Gasteiger partial charge in [0.15, 0.2) is 0 Å². The first kappa shape index (κ1) is 94.7. The van der Waals surface area contributed by atoms with Gasteiger partial charge in [0.1, 0.15) is 21.7 Å². The maximum atomic E-state index is 12.4. The van der Waals surface area contributed by atoms with Crippen LogP contribution in [0.4, 0.5) is 56.9 Å². The second-order valence-electron chi connectivity index (χ2n) is 35.4. The van der Waals surface area contributed by atoms with Crippen molar-refractivity contribution >= 4 is 237 Å². The molecule has 1 saturated carbocycles. The Bertz CT molecular complexity index is 7540. The Balaban J connectivity index is 0.000000116. The molecule has 8 aliphatic rings. The van der Waals surface area contributed by atoms with Crippen LogP contribution in [-0.2, 0) is 11.2 Å². The first-order chi connectivity index (χ1) is 65.1. The molecular weight excluding hydrogens is 1880 g/mol. The van der Waals surface area contributed by atoms with Crippen LogP contribution in [0.2, 0.25) is 0 Å². The number of aryl methyl sites for hydroxylation is 1. The van der Waals surface area contributed by atoms with Crippen LogP contribution in [-0.4, -0.2) is 127 Å². The molecule has 0 aromatic heterocycles. The monoisotopic (exact) mass is 1970 g/mol. The molecule has 136 heavy (non-hydrogen) atoms. The number of carboxylic acids is 1. The van der Waals surface area contributed by atoms with Gasteiger partial charge in [-0.3, -0.25) is 59.1 Å². The van der Waals surface area contributed by atoms with Gasteiger partial charge in [-0.15, -0.1) is 0 Å². The number of aromatic carboxylic acids is 1. The number of nitro groups is 3. The molecule has 14 aromatic rings. The number of rotatable bonds is 15. The standard InChI is InChI=1S/C18H19NO.C18H21NO.C17H17NO3.C15H12N4O6S.C14H10ClNO.C13H9NO3.C12H8INO/c1-19-16-11-10-13(12-6-3-2-4-7-12)14-8-5-9-15(17(14)16)18(19)20;1-3-4-5-6-8-13-11-12-16-17-14(13)9-7-10-15(17)18(20)19(16)2;1-17(2,3)21-16(20)11-8-9-13-14-10(11)6-5-7-12(14)15(19)18(13)4;1-2-3-6-16-14-11(19(24)25)7-10(18(22)23)13-9(17(20)21)5-4-8(12(13)14)15(16)26;1-16-12-6-5-9(7-8-15)10-3-2-4-11(13(10)12)14(16)17;1-14-10-6-5-8(13(16)17)7-3-2-4-9(11(7)10)12(14)15;1-14-10-6-5-9(13)7-3-2-4-8(11(7)10)12(14)15/h5,8-12H,2-4,6-7H2,1H3;7,9-12H,3-6,8H2,1-2H3;5-9H,1-4H3;4-5,7H,2-3,6H2,1H3;2-8H,1H3;2-6H,1H3,(H,16,17);2-6H,1H3/b;;;;8-7+;;. The Morgan fingerprint density at radius 3 is 1.32 bits per heavy atom. The Hall–Kier alpha value is -14.5. The summed E-state index contributed by atoms with van der Waals surface area (Å²) in [6.07, 6.45) is 16.2. The van der Waals surface area contributed by atoms with Gasteiger partial charge >= 0.3 is 11.9 Å². The second kappa shape index (κ2) is 38.5. The maximum Gasteiger partial charge on any atom is 0.339 e. The Kier molecular flexibility index (Phi) is 26.8. The van der Waals surface area contributed by atoms with Crippen molar-refractivity contribution in [1.29, 1.82) is 0 Å². The lowest BCUT2D eigenvalue weighted by molar-refractivity contribution is -0.395. The van der Waals surface area contributed by atoms with E-state index in [1.807, 2.05) is 134 Å². The van der Waals surface area contributed by atoms with Crippen LogP contribution in [0.3, 0.4) is 0 Å². The van der Waals surface area contributed by atoms with Crippen molar-refractivity contribution in [3.05, 3.63) is 306 Å². The number of anilines is 7. The highest BCUT2D eigenvalue weighted by Crippen LogP contribution is 2.52. The first-order valence-electron chi connectivity index (χ1n) is 44.9. The van der Waals surface area contributed by atoms with E-state index >= 15 is 0 Å². The van der Waals surface area contributed by atoms with Crippen molar-refractivity contribution in [1.82, 2.24) is 0 Å². The summed E-state index contributed by atoms with van der Waals surface area (Å²) in [5.74, 6) is -0.404. The lowest BCUT2D eigenvalue weighted by atomic mass is 9.81. The number of benzene rings is 14. The highest BCUT2D eigenvalue weighted by atomic mass is 127. The number of nitro benzene ring substituents is 3. The van der Waals surface area contributed by atoms with Crippen LogP contribution in [0.15, 0.2) is 206 Å². The molecule has 6 amide bonds. The van der Waals surface area contributed by atoms with E-state index in [-0.39, 0.29) is 68.4 Å². The molecule has 7 heterocycles. The summed E-state index contributed by atoms with van der Waals surface area (Å²) in [5.41, 5.74) is 14.6. The summed E-state index contributed by atoms with van der Waals surface area (Å²) in [7, 11) is 10.8. The van der Waals surface area contributed by atoms with E-state index in [9.17, 15) is 68.7 Å². The summed E-state index contributed by atoms with van der Waals surface area (Å²) >= 11 is 13.3. The number of hydrogen-bond acceptors (Lipinski definition) is 16. The summed E-state index contributed by atoms with van der Waals surface area (Å²) in [4.78, 5) is 140. The first-order valence-corrected chi connectivity index (χ1v) is 46.9. The molecule has 26 nitrogen and oxygen atoms in total. The molecule has 7 aliphatic heterocycles. The fourth-order valence-electron chi connectivity index (χ4n) is 19.7. The normalized spacial score (nSPS) is 14.4. The number of carbonyl (C=O) groups excluding carboxylic acids is 7. The predicted molar refractivity (Wildman–Crippen MR) is 551 cm³/mol. The van der Waals surface area contributed by atoms with E-state index in [1.165, 1.54) is 106 Å². The number of thiocarbonyl (C=S) groups is 1. The molecule has 0 radical (unpaired) electrons. The van der Waals surface area contributed by atoms with Crippen molar-refractivity contribution in [2.45, 2.75) is 123 Å². The molecule has 1 aliphatic carbocycles. The minimum atomic E-state index is -0.976. The van der Waals surface area contributed by atoms with Crippen LogP contribution < -0.4 is 34.3 Å². The van der Waals surface area contributed by atoms with Gasteiger partial charge in [-0.05, 0) is 234 Å². The third-order valence-electron chi connectivity index (χ3n) is 26.3. The second-order valence-corrected chi connectivity index (χ2v) is 37.2. The molecule has 0 unspecified atom stereocenters. The average Bonchev–Trinajstić information content (AvgIpc) is 1.57. The van der Waals surface area contributed by atoms with E-state index in [0.717, 1.165) is 125 Å². The number of ether oxygens (including phenoxy) is 1. The number of halogens is 2. The summed E-state index contributed by atoms with van der Waals surface area (Å²) in [6.45, 7) is 10.1. The van der Waals surface area contributed by atoms with E-state index in [0.29, 0.717) is 46.5 Å². The molecule has 0 saturated heterocycles.